The van der Waals surface area contributed by atoms with E-state index in [-0.39, 0.29) is 29.9 Å². The van der Waals surface area contributed by atoms with Crippen molar-refractivity contribution in [2.45, 2.75) is 108 Å². The number of rotatable bonds is 10. The van der Waals surface area contributed by atoms with Crippen LogP contribution in [0.15, 0.2) is 42.7 Å². The highest BCUT2D eigenvalue weighted by molar-refractivity contribution is 6.06. The Bertz CT molecular complexity index is 2350. The van der Waals surface area contributed by atoms with Gasteiger partial charge in [0.15, 0.2) is 0 Å². The first-order valence-electron chi connectivity index (χ1n) is 21.9. The number of hydrogen-bond donors (Lipinski definition) is 2. The number of anilines is 2. The van der Waals surface area contributed by atoms with Crippen LogP contribution in [0.4, 0.5) is 11.5 Å². The number of hydrogen-bond acceptors (Lipinski definition) is 12. The van der Waals surface area contributed by atoms with Gasteiger partial charge in [0.1, 0.15) is 35.3 Å². The van der Waals surface area contributed by atoms with Gasteiger partial charge >= 0.3 is 0 Å². The number of methoxy groups -OCH3 is 1. The summed E-state index contributed by atoms with van der Waals surface area (Å²) in [4.78, 5) is 56.0. The van der Waals surface area contributed by atoms with Crippen molar-refractivity contribution in [3.63, 3.8) is 0 Å². The first kappa shape index (κ1) is 37.7. The predicted octanol–water partition coefficient (Wildman–Crippen LogP) is 4.84. The summed E-state index contributed by atoms with van der Waals surface area (Å²) >= 11 is 0. The third-order valence-electron chi connectivity index (χ3n) is 14.6. The van der Waals surface area contributed by atoms with Crippen LogP contribution in [-0.2, 0) is 20.9 Å². The molecule has 4 aromatic rings. The number of imide groups is 1. The Morgan fingerprint density at radius 3 is 2.42 bits per heavy atom. The van der Waals surface area contributed by atoms with Gasteiger partial charge in [0.2, 0.25) is 11.8 Å². The third-order valence-corrected chi connectivity index (χ3v) is 14.6. The zero-order valence-electron chi connectivity index (χ0n) is 34.5. The molecule has 2 aliphatic carbocycles. The molecule has 60 heavy (non-hydrogen) atoms. The number of fused-ring (bicyclic) bond motifs is 2. The number of carbonyl (C=O) groups excluding carboxylic acids is 3. The Morgan fingerprint density at radius 1 is 0.867 bits per heavy atom. The van der Waals surface area contributed by atoms with Crippen LogP contribution in [0.1, 0.15) is 87.1 Å². The number of aromatic amines is 1. The maximum absolute atomic E-state index is 13.4. The number of amides is 3. The molecule has 0 radical (unpaired) electrons. The minimum atomic E-state index is -0.643. The summed E-state index contributed by atoms with van der Waals surface area (Å²) in [5, 5.41) is 11.1. The molecular formula is C45H53N9O6. The Labute approximate surface area is 349 Å². The minimum Gasteiger partial charge on any atom is -0.494 e. The first-order chi connectivity index (χ1) is 29.1. The van der Waals surface area contributed by atoms with Crippen LogP contribution < -0.4 is 24.6 Å². The molecule has 1 unspecified atom stereocenters. The minimum absolute atomic E-state index is 0.0445. The van der Waals surface area contributed by atoms with Crippen LogP contribution in [-0.4, -0.2) is 124 Å². The van der Waals surface area contributed by atoms with Crippen LogP contribution in [0, 0.1) is 5.41 Å². The number of nitrogens with one attached hydrogen (secondary N) is 2. The van der Waals surface area contributed by atoms with E-state index >= 15 is 0 Å². The second-order valence-electron chi connectivity index (χ2n) is 18.6. The number of benzene rings is 2. The zero-order valence-corrected chi connectivity index (χ0v) is 34.5. The Kier molecular flexibility index (Phi) is 9.07. The summed E-state index contributed by atoms with van der Waals surface area (Å²) < 4.78 is 18.9. The Hall–Kier alpha value is -5.28. The fourth-order valence-corrected chi connectivity index (χ4v) is 10.6. The zero-order chi connectivity index (χ0) is 40.8. The predicted molar refractivity (Wildman–Crippen MR) is 223 cm³/mol. The first-order valence-corrected chi connectivity index (χ1v) is 21.9. The summed E-state index contributed by atoms with van der Waals surface area (Å²) in [6, 6.07) is 12.0. The van der Waals surface area contributed by atoms with Gasteiger partial charge in [0.05, 0.1) is 48.5 Å². The maximum atomic E-state index is 13.4. The summed E-state index contributed by atoms with van der Waals surface area (Å²) in [6.07, 6.45) is 11.5. The molecule has 2 N–H and O–H groups in total. The lowest BCUT2D eigenvalue weighted by molar-refractivity contribution is -0.137. The average molecular weight is 816 g/mol. The molecule has 7 aliphatic rings. The second-order valence-corrected chi connectivity index (χ2v) is 18.6. The lowest BCUT2D eigenvalue weighted by Gasteiger charge is -2.59. The largest absolute Gasteiger partial charge is 0.494 e. The normalized spacial score (nSPS) is 26.2. The fourth-order valence-electron chi connectivity index (χ4n) is 10.6. The van der Waals surface area contributed by atoms with Gasteiger partial charge in [-0.25, -0.2) is 9.97 Å². The number of nitrogens with zero attached hydrogens (tertiary/aromatic N) is 7. The molecule has 3 amide bonds. The van der Waals surface area contributed by atoms with Gasteiger partial charge in [-0.15, -0.1) is 0 Å². The molecule has 1 spiro atoms. The average Bonchev–Trinajstić information content (AvgIpc) is 3.65. The molecule has 1 atom stereocenters. The van der Waals surface area contributed by atoms with E-state index in [0.29, 0.717) is 36.1 Å². The van der Waals surface area contributed by atoms with Gasteiger partial charge in [-0.2, -0.15) is 5.10 Å². The van der Waals surface area contributed by atoms with Crippen molar-refractivity contribution in [1.82, 2.24) is 35.3 Å². The summed E-state index contributed by atoms with van der Waals surface area (Å²) in [6.45, 7) is 8.44. The molecule has 11 rings (SSSR count). The molecule has 7 heterocycles. The quantitative estimate of drug-likeness (QED) is 0.210. The SMILES string of the molecule is COc1c(N2CCC3(CC2)CN([C@H]2C[C@H](OC4CCN(c5cc(-c6[nH]nc7ccc(OC8(C)CC8)cc67)ncn5)CC4)C2)C3)ccc2c1CN(C1CCC(=O)NC1=O)C2=O. The van der Waals surface area contributed by atoms with Crippen LogP contribution in [0.3, 0.4) is 0 Å². The van der Waals surface area contributed by atoms with Crippen molar-refractivity contribution in [2.24, 2.45) is 5.41 Å². The number of likely N-dealkylation sites (tertiary alicyclic amines) is 1. The standard InChI is InChI=1S/C45H53N9O6/c1-44(11-12-44)60-29-3-5-34-32(21-29)40(50-49-34)35-22-38(47-26-46-35)52-15-9-28(10-16-52)59-30-19-27(20-30)53-24-45(25-53)13-17-51(18-14-45)36-6-4-31-33(41(36)58-2)23-54(43(31)57)37-7-8-39(55)48-42(37)56/h3-6,21-22,26-28,30,37H,7-20,23-25H2,1-2H3,(H,49,50)(H,48,55,56)/t27-,30-,37?. The van der Waals surface area contributed by atoms with E-state index in [1.165, 1.54) is 0 Å². The van der Waals surface area contributed by atoms with Crippen molar-refractivity contribution in [1.29, 1.82) is 0 Å². The molecular weight excluding hydrogens is 763 g/mol. The highest BCUT2D eigenvalue weighted by atomic mass is 16.5. The van der Waals surface area contributed by atoms with E-state index < -0.39 is 11.9 Å². The van der Waals surface area contributed by atoms with Gasteiger partial charge in [-0.3, -0.25) is 29.7 Å². The summed E-state index contributed by atoms with van der Waals surface area (Å²) in [7, 11) is 1.66. The van der Waals surface area contributed by atoms with Crippen molar-refractivity contribution < 1.29 is 28.6 Å². The van der Waals surface area contributed by atoms with Crippen LogP contribution in [0.25, 0.3) is 22.3 Å². The molecule has 314 valence electrons. The van der Waals surface area contributed by atoms with Crippen LogP contribution in [0.5, 0.6) is 11.5 Å². The molecule has 5 aliphatic heterocycles. The van der Waals surface area contributed by atoms with Crippen LogP contribution >= 0.6 is 0 Å². The highest BCUT2D eigenvalue weighted by Gasteiger charge is 2.50. The highest BCUT2D eigenvalue weighted by Crippen LogP contribution is 2.48. The van der Waals surface area contributed by atoms with Gasteiger partial charge in [0.25, 0.3) is 5.91 Å². The summed E-state index contributed by atoms with van der Waals surface area (Å²) in [5.41, 5.74) is 5.33. The van der Waals surface area contributed by atoms with E-state index in [1.54, 1.807) is 18.3 Å². The van der Waals surface area contributed by atoms with E-state index in [2.05, 4.69) is 59.2 Å². The number of H-pyrrole nitrogens is 1. The number of carbonyl (C=O) groups is 3. The molecule has 6 fully saturated rings. The van der Waals surface area contributed by atoms with Crippen molar-refractivity contribution in [3.8, 4) is 22.9 Å². The van der Waals surface area contributed by atoms with Crippen molar-refractivity contribution in [2.75, 3.05) is 56.2 Å². The molecule has 0 bridgehead atoms. The number of aromatic nitrogens is 4. The van der Waals surface area contributed by atoms with E-state index in [1.807, 2.05) is 24.3 Å². The van der Waals surface area contributed by atoms with E-state index in [0.717, 1.165) is 141 Å². The topological polar surface area (TPSA) is 158 Å². The smallest absolute Gasteiger partial charge is 0.255 e. The number of piperidine rings is 3. The summed E-state index contributed by atoms with van der Waals surface area (Å²) in [5.74, 6) is 1.65. The maximum Gasteiger partial charge on any atom is 0.255 e. The van der Waals surface area contributed by atoms with Gasteiger partial charge in [-0.1, -0.05) is 0 Å². The van der Waals surface area contributed by atoms with E-state index in [4.69, 9.17) is 14.2 Å². The lowest BCUT2D eigenvalue weighted by Crippen LogP contribution is -2.65. The molecule has 15 heteroatoms. The van der Waals surface area contributed by atoms with E-state index in [9.17, 15) is 14.4 Å². The third kappa shape index (κ3) is 6.73. The van der Waals surface area contributed by atoms with Crippen molar-refractivity contribution >= 4 is 40.1 Å². The second kappa shape index (κ2) is 14.4. The molecule has 2 aromatic carbocycles. The van der Waals surface area contributed by atoms with Crippen molar-refractivity contribution in [3.05, 3.63) is 53.9 Å². The molecule has 4 saturated heterocycles. The Balaban J connectivity index is 0.637. The molecule has 15 nitrogen and oxygen atoms in total. The van der Waals surface area contributed by atoms with Gasteiger partial charge < -0.3 is 28.9 Å². The monoisotopic (exact) mass is 815 g/mol. The van der Waals surface area contributed by atoms with Crippen LogP contribution in [0.2, 0.25) is 0 Å². The number of ether oxygens (including phenoxy) is 3. The van der Waals surface area contributed by atoms with Gasteiger partial charge in [-0.05, 0) is 100 Å². The molecule has 2 saturated carbocycles. The van der Waals surface area contributed by atoms with Gasteiger partial charge in [0, 0.05) is 74.3 Å². The molecule has 2 aromatic heterocycles. The Morgan fingerprint density at radius 2 is 1.67 bits per heavy atom. The lowest BCUT2D eigenvalue weighted by atomic mass is 9.69. The fraction of sp³-hybridized carbons (Fsp3) is 0.556.